The molecule has 0 amide bonds. The quantitative estimate of drug-likeness (QED) is 0.397. The van der Waals surface area contributed by atoms with Gasteiger partial charge in [-0.25, -0.2) is 9.36 Å². The lowest BCUT2D eigenvalue weighted by molar-refractivity contribution is -0.0539. The Labute approximate surface area is 126 Å². The van der Waals surface area contributed by atoms with Crippen molar-refractivity contribution in [1.29, 1.82) is 0 Å². The summed E-state index contributed by atoms with van der Waals surface area (Å²) in [5, 5.41) is 31.9. The molecule has 9 heteroatoms. The fourth-order valence-corrected chi connectivity index (χ4v) is 2.38. The van der Waals surface area contributed by atoms with E-state index in [2.05, 4.69) is 10.3 Å². The minimum Gasteiger partial charge on any atom is -0.394 e. The number of aliphatic hydroxyl groups is 3. The molecule has 1 aromatic rings. The Morgan fingerprint density at radius 3 is 2.68 bits per heavy atom. The van der Waals surface area contributed by atoms with Gasteiger partial charge in [0.2, 0.25) is 0 Å². The van der Waals surface area contributed by atoms with Gasteiger partial charge in [-0.05, 0) is 6.42 Å². The highest BCUT2D eigenvalue weighted by Gasteiger charge is 2.44. The normalized spacial score (nSPS) is 28.0. The molecule has 4 atom stereocenters. The SMILES string of the molecule is CCCCNc1cc(=O)[nH]c(=O)n1[C@@H]1O[C@H](CO)[C@@H](O)[C@H]1O. The Bertz CT molecular complexity index is 613. The summed E-state index contributed by atoms with van der Waals surface area (Å²) in [7, 11) is 0. The lowest BCUT2D eigenvalue weighted by Crippen LogP contribution is -2.39. The lowest BCUT2D eigenvalue weighted by Gasteiger charge is -2.21. The maximum absolute atomic E-state index is 12.1. The molecule has 0 aromatic carbocycles. The van der Waals surface area contributed by atoms with Crippen LogP contribution < -0.4 is 16.6 Å². The molecule has 1 aliphatic heterocycles. The van der Waals surface area contributed by atoms with E-state index in [1.807, 2.05) is 6.92 Å². The average molecular weight is 315 g/mol. The highest BCUT2D eigenvalue weighted by Crippen LogP contribution is 2.29. The first-order chi connectivity index (χ1) is 10.5. The molecule has 5 N–H and O–H groups in total. The van der Waals surface area contributed by atoms with Crippen molar-refractivity contribution in [2.75, 3.05) is 18.5 Å². The van der Waals surface area contributed by atoms with E-state index in [1.54, 1.807) is 0 Å². The molecule has 2 rings (SSSR count). The lowest BCUT2D eigenvalue weighted by atomic mass is 10.1. The fourth-order valence-electron chi connectivity index (χ4n) is 2.38. The van der Waals surface area contributed by atoms with E-state index in [0.717, 1.165) is 17.4 Å². The molecule has 1 saturated heterocycles. The van der Waals surface area contributed by atoms with Crippen molar-refractivity contribution >= 4 is 5.82 Å². The van der Waals surface area contributed by atoms with Gasteiger partial charge in [-0.1, -0.05) is 13.3 Å². The molecule has 1 aromatic heterocycles. The number of unbranched alkanes of at least 4 members (excludes halogenated alkanes) is 1. The largest absolute Gasteiger partial charge is 0.394 e. The summed E-state index contributed by atoms with van der Waals surface area (Å²) in [5.41, 5.74) is -1.34. The summed E-state index contributed by atoms with van der Waals surface area (Å²) < 4.78 is 6.38. The zero-order valence-corrected chi connectivity index (χ0v) is 12.2. The van der Waals surface area contributed by atoms with Crippen LogP contribution in [0, 0.1) is 0 Å². The maximum atomic E-state index is 12.1. The van der Waals surface area contributed by atoms with Gasteiger partial charge in [0.15, 0.2) is 6.23 Å². The number of nitrogens with zero attached hydrogens (tertiary/aromatic N) is 1. The molecule has 22 heavy (non-hydrogen) atoms. The molecule has 9 nitrogen and oxygen atoms in total. The van der Waals surface area contributed by atoms with Crippen LogP contribution in [-0.4, -0.2) is 56.3 Å². The Kier molecular flexibility index (Phi) is 5.35. The molecule has 0 saturated carbocycles. The third-order valence-electron chi connectivity index (χ3n) is 3.58. The highest BCUT2D eigenvalue weighted by atomic mass is 16.6. The number of hydrogen-bond acceptors (Lipinski definition) is 7. The first-order valence-electron chi connectivity index (χ1n) is 7.21. The summed E-state index contributed by atoms with van der Waals surface area (Å²) in [4.78, 5) is 25.6. The van der Waals surface area contributed by atoms with Crippen molar-refractivity contribution in [1.82, 2.24) is 9.55 Å². The molecule has 0 aliphatic carbocycles. The molecule has 0 radical (unpaired) electrons. The average Bonchev–Trinajstić information content (AvgIpc) is 2.75. The number of nitrogens with one attached hydrogen (secondary N) is 2. The van der Waals surface area contributed by atoms with Crippen molar-refractivity contribution < 1.29 is 20.1 Å². The van der Waals surface area contributed by atoms with Crippen molar-refractivity contribution in [2.24, 2.45) is 0 Å². The second-order valence-corrected chi connectivity index (χ2v) is 5.20. The van der Waals surface area contributed by atoms with Gasteiger partial charge in [0, 0.05) is 12.6 Å². The zero-order chi connectivity index (χ0) is 16.3. The van der Waals surface area contributed by atoms with Crippen molar-refractivity contribution in [2.45, 2.75) is 44.3 Å². The third-order valence-corrected chi connectivity index (χ3v) is 3.58. The number of hydrogen-bond donors (Lipinski definition) is 5. The summed E-state index contributed by atoms with van der Waals surface area (Å²) in [6.45, 7) is 2.04. The smallest absolute Gasteiger partial charge is 0.332 e. The molecule has 0 bridgehead atoms. The van der Waals surface area contributed by atoms with Gasteiger partial charge in [0.1, 0.15) is 24.1 Å². The first kappa shape index (κ1) is 16.7. The Balaban J connectivity index is 2.37. The summed E-state index contributed by atoms with van der Waals surface area (Å²) in [5.74, 6) is 0.192. The van der Waals surface area contributed by atoms with Gasteiger partial charge in [-0.3, -0.25) is 9.78 Å². The van der Waals surface area contributed by atoms with Gasteiger partial charge >= 0.3 is 5.69 Å². The fraction of sp³-hybridized carbons (Fsp3) is 0.692. The number of H-pyrrole nitrogens is 1. The monoisotopic (exact) mass is 315 g/mol. The molecule has 1 fully saturated rings. The van der Waals surface area contributed by atoms with Gasteiger partial charge in [-0.15, -0.1) is 0 Å². The Morgan fingerprint density at radius 1 is 1.36 bits per heavy atom. The van der Waals surface area contributed by atoms with E-state index in [4.69, 9.17) is 9.84 Å². The molecule has 2 heterocycles. The van der Waals surface area contributed by atoms with E-state index < -0.39 is 42.4 Å². The van der Waals surface area contributed by atoms with Crippen LogP contribution in [0.1, 0.15) is 26.0 Å². The molecular formula is C13H21N3O6. The number of aromatic nitrogens is 2. The van der Waals surface area contributed by atoms with Crippen molar-refractivity contribution in [3.63, 3.8) is 0 Å². The standard InChI is InChI=1S/C13H21N3O6/c1-2-3-4-14-8-5-9(18)15-13(21)16(8)12-11(20)10(19)7(6-17)22-12/h5,7,10-12,14,17,19-20H,2-4,6H2,1H3,(H,15,18,21)/t7-,10-,11-,12-/m1/s1. The minimum absolute atomic E-state index is 0.192. The van der Waals surface area contributed by atoms with Crippen LogP contribution in [-0.2, 0) is 4.74 Å². The zero-order valence-electron chi connectivity index (χ0n) is 12.2. The summed E-state index contributed by atoms with van der Waals surface area (Å²) in [6, 6.07) is 1.19. The van der Waals surface area contributed by atoms with Gasteiger partial charge in [-0.2, -0.15) is 0 Å². The topological polar surface area (TPSA) is 137 Å². The van der Waals surface area contributed by atoms with Crippen LogP contribution in [0.15, 0.2) is 15.7 Å². The second kappa shape index (κ2) is 7.05. The third kappa shape index (κ3) is 3.22. The van der Waals surface area contributed by atoms with Gasteiger partial charge in [0.25, 0.3) is 5.56 Å². The summed E-state index contributed by atoms with van der Waals surface area (Å²) >= 11 is 0. The van der Waals surface area contributed by atoms with Crippen LogP contribution in [0.2, 0.25) is 0 Å². The van der Waals surface area contributed by atoms with E-state index in [-0.39, 0.29) is 5.82 Å². The van der Waals surface area contributed by atoms with Gasteiger partial charge in [0.05, 0.1) is 6.61 Å². The van der Waals surface area contributed by atoms with Crippen LogP contribution >= 0.6 is 0 Å². The van der Waals surface area contributed by atoms with Crippen molar-refractivity contribution in [3.8, 4) is 0 Å². The second-order valence-electron chi connectivity index (χ2n) is 5.20. The Hall–Kier alpha value is -1.68. The number of anilines is 1. The van der Waals surface area contributed by atoms with Crippen LogP contribution in [0.5, 0.6) is 0 Å². The van der Waals surface area contributed by atoms with Crippen molar-refractivity contribution in [3.05, 3.63) is 26.9 Å². The van der Waals surface area contributed by atoms with Gasteiger partial charge < -0.3 is 25.4 Å². The van der Waals surface area contributed by atoms with E-state index in [9.17, 15) is 19.8 Å². The maximum Gasteiger partial charge on any atom is 0.332 e. The minimum atomic E-state index is -1.40. The number of aliphatic hydroxyl groups excluding tert-OH is 3. The predicted molar refractivity (Wildman–Crippen MR) is 77.7 cm³/mol. The number of aromatic amines is 1. The van der Waals surface area contributed by atoms with E-state index in [1.165, 1.54) is 6.07 Å². The van der Waals surface area contributed by atoms with E-state index in [0.29, 0.717) is 6.54 Å². The highest BCUT2D eigenvalue weighted by molar-refractivity contribution is 5.34. The summed E-state index contributed by atoms with van der Waals surface area (Å²) in [6.07, 6.45) is -3.15. The molecule has 1 aliphatic rings. The molecule has 0 unspecified atom stereocenters. The Morgan fingerprint density at radius 2 is 2.09 bits per heavy atom. The molecular weight excluding hydrogens is 294 g/mol. The number of rotatable bonds is 6. The van der Waals surface area contributed by atoms with Crippen LogP contribution in [0.25, 0.3) is 0 Å². The van der Waals surface area contributed by atoms with Crippen LogP contribution in [0.4, 0.5) is 5.82 Å². The van der Waals surface area contributed by atoms with Crippen LogP contribution in [0.3, 0.4) is 0 Å². The predicted octanol–water partition coefficient (Wildman–Crippen LogP) is -1.64. The molecule has 124 valence electrons. The number of ether oxygens (including phenoxy) is 1. The molecule has 0 spiro atoms. The first-order valence-corrected chi connectivity index (χ1v) is 7.21. The van der Waals surface area contributed by atoms with E-state index >= 15 is 0 Å².